The maximum atomic E-state index is 12.2. The maximum absolute atomic E-state index is 12.2. The number of furan rings is 1. The van der Waals surface area contributed by atoms with Gasteiger partial charge in [-0.1, -0.05) is 17.7 Å². The molecule has 1 heterocycles. The van der Waals surface area contributed by atoms with Crippen LogP contribution < -0.4 is 0 Å². The van der Waals surface area contributed by atoms with Crippen LogP contribution in [0.2, 0.25) is 0 Å². The number of benzene rings is 1. The molecule has 0 bridgehead atoms. The number of carbonyl (C=O) groups is 2. The molecule has 4 heteroatoms. The SMILES string of the molecule is Cc1ccc(C)c(C(=O)COC(=O)c2c(C)oc(C)c2C)c1. The molecule has 0 fully saturated rings. The highest BCUT2D eigenvalue weighted by molar-refractivity contribution is 6.01. The van der Waals surface area contributed by atoms with Crippen LogP contribution in [0.3, 0.4) is 0 Å². The van der Waals surface area contributed by atoms with Crippen LogP contribution in [0.1, 0.15) is 48.9 Å². The van der Waals surface area contributed by atoms with Gasteiger partial charge in [0, 0.05) is 11.1 Å². The van der Waals surface area contributed by atoms with Crippen LogP contribution in [0.4, 0.5) is 0 Å². The summed E-state index contributed by atoms with van der Waals surface area (Å²) in [5, 5.41) is 0. The number of hydrogen-bond acceptors (Lipinski definition) is 4. The minimum absolute atomic E-state index is 0.204. The van der Waals surface area contributed by atoms with Crippen LogP contribution >= 0.6 is 0 Å². The van der Waals surface area contributed by atoms with Crippen LogP contribution in [-0.2, 0) is 4.74 Å². The molecule has 116 valence electrons. The number of ketones is 1. The molecule has 1 aromatic heterocycles. The van der Waals surface area contributed by atoms with Gasteiger partial charge < -0.3 is 9.15 Å². The predicted octanol–water partition coefficient (Wildman–Crippen LogP) is 3.86. The van der Waals surface area contributed by atoms with Gasteiger partial charge in [0.2, 0.25) is 5.78 Å². The van der Waals surface area contributed by atoms with Gasteiger partial charge in [-0.25, -0.2) is 4.79 Å². The standard InChI is InChI=1S/C18H20O4/c1-10-6-7-11(2)15(8-10)16(19)9-21-18(20)17-12(3)13(4)22-14(17)5/h6-8H,9H2,1-5H3. The topological polar surface area (TPSA) is 56.5 Å². The van der Waals surface area contributed by atoms with E-state index in [-0.39, 0.29) is 12.4 Å². The normalized spacial score (nSPS) is 10.6. The second-order valence-corrected chi connectivity index (χ2v) is 5.53. The van der Waals surface area contributed by atoms with Crippen molar-refractivity contribution in [2.24, 2.45) is 0 Å². The van der Waals surface area contributed by atoms with Crippen molar-refractivity contribution in [3.63, 3.8) is 0 Å². The Morgan fingerprint density at radius 2 is 1.73 bits per heavy atom. The number of esters is 1. The molecule has 0 saturated carbocycles. The highest BCUT2D eigenvalue weighted by Gasteiger charge is 2.21. The molecule has 0 spiro atoms. The van der Waals surface area contributed by atoms with Crippen molar-refractivity contribution in [2.45, 2.75) is 34.6 Å². The third kappa shape index (κ3) is 3.11. The summed E-state index contributed by atoms with van der Waals surface area (Å²) < 4.78 is 10.6. The second-order valence-electron chi connectivity index (χ2n) is 5.53. The van der Waals surface area contributed by atoms with Crippen molar-refractivity contribution < 1.29 is 18.7 Å². The van der Waals surface area contributed by atoms with Crippen LogP contribution in [-0.4, -0.2) is 18.4 Å². The summed E-state index contributed by atoms with van der Waals surface area (Å²) >= 11 is 0. The van der Waals surface area contributed by atoms with E-state index >= 15 is 0 Å². The Morgan fingerprint density at radius 1 is 1.05 bits per heavy atom. The van der Waals surface area contributed by atoms with Gasteiger partial charge in [0.1, 0.15) is 17.1 Å². The Bertz CT molecular complexity index is 738. The van der Waals surface area contributed by atoms with Crippen molar-refractivity contribution in [3.05, 3.63) is 57.5 Å². The first kappa shape index (κ1) is 16.0. The first-order valence-electron chi connectivity index (χ1n) is 7.15. The van der Waals surface area contributed by atoms with Crippen LogP contribution in [0.5, 0.6) is 0 Å². The Hall–Kier alpha value is -2.36. The smallest absolute Gasteiger partial charge is 0.342 e. The third-order valence-electron chi connectivity index (χ3n) is 3.79. The van der Waals surface area contributed by atoms with E-state index in [2.05, 4.69) is 0 Å². The Labute approximate surface area is 130 Å². The van der Waals surface area contributed by atoms with E-state index in [9.17, 15) is 9.59 Å². The van der Waals surface area contributed by atoms with Crippen LogP contribution in [0, 0.1) is 34.6 Å². The van der Waals surface area contributed by atoms with Gasteiger partial charge in [0.05, 0.1) is 0 Å². The Kier molecular flexibility index (Phi) is 4.50. The molecule has 0 N–H and O–H groups in total. The Balaban J connectivity index is 2.11. The molecular formula is C18H20O4. The lowest BCUT2D eigenvalue weighted by atomic mass is 10.0. The number of aryl methyl sites for hydroxylation is 4. The highest BCUT2D eigenvalue weighted by atomic mass is 16.5. The minimum Gasteiger partial charge on any atom is -0.465 e. The molecule has 0 atom stereocenters. The molecule has 2 rings (SSSR count). The molecule has 1 aromatic carbocycles. The van der Waals surface area contributed by atoms with Gasteiger partial charge in [-0.3, -0.25) is 4.79 Å². The molecular weight excluding hydrogens is 280 g/mol. The quantitative estimate of drug-likeness (QED) is 0.635. The van der Waals surface area contributed by atoms with E-state index in [1.54, 1.807) is 20.8 Å². The van der Waals surface area contributed by atoms with Crippen molar-refractivity contribution in [1.82, 2.24) is 0 Å². The average Bonchev–Trinajstić information content (AvgIpc) is 2.72. The summed E-state index contributed by atoms with van der Waals surface area (Å²) in [4.78, 5) is 24.4. The monoisotopic (exact) mass is 300 g/mol. The van der Waals surface area contributed by atoms with Gasteiger partial charge >= 0.3 is 5.97 Å². The Morgan fingerprint density at radius 3 is 2.32 bits per heavy atom. The molecule has 0 aliphatic rings. The zero-order chi connectivity index (χ0) is 16.4. The van der Waals surface area contributed by atoms with E-state index in [1.807, 2.05) is 32.0 Å². The van der Waals surface area contributed by atoms with Gasteiger partial charge in [0.15, 0.2) is 6.61 Å². The number of ether oxygens (including phenoxy) is 1. The van der Waals surface area contributed by atoms with E-state index in [0.717, 1.165) is 16.7 Å². The fourth-order valence-corrected chi connectivity index (χ4v) is 2.41. The van der Waals surface area contributed by atoms with Gasteiger partial charge in [-0.15, -0.1) is 0 Å². The number of hydrogen-bond donors (Lipinski definition) is 0. The van der Waals surface area contributed by atoms with E-state index < -0.39 is 5.97 Å². The molecule has 0 radical (unpaired) electrons. The highest BCUT2D eigenvalue weighted by Crippen LogP contribution is 2.21. The fourth-order valence-electron chi connectivity index (χ4n) is 2.41. The summed E-state index contributed by atoms with van der Waals surface area (Å²) in [7, 11) is 0. The molecule has 2 aromatic rings. The molecule has 0 saturated heterocycles. The average molecular weight is 300 g/mol. The predicted molar refractivity (Wildman–Crippen MR) is 83.4 cm³/mol. The number of carbonyl (C=O) groups excluding carboxylic acids is 2. The second kappa shape index (κ2) is 6.18. The van der Waals surface area contributed by atoms with E-state index in [1.165, 1.54) is 0 Å². The first-order chi connectivity index (χ1) is 10.3. The summed E-state index contributed by atoms with van der Waals surface area (Å²) in [5.74, 6) is 0.472. The lowest BCUT2D eigenvalue weighted by molar-refractivity contribution is 0.0472. The van der Waals surface area contributed by atoms with Crippen molar-refractivity contribution >= 4 is 11.8 Å². The molecule has 0 aliphatic heterocycles. The third-order valence-corrected chi connectivity index (χ3v) is 3.79. The molecule has 0 aliphatic carbocycles. The number of rotatable bonds is 4. The molecule has 4 nitrogen and oxygen atoms in total. The van der Waals surface area contributed by atoms with Gasteiger partial charge in [-0.2, -0.15) is 0 Å². The van der Waals surface area contributed by atoms with Crippen LogP contribution in [0.25, 0.3) is 0 Å². The largest absolute Gasteiger partial charge is 0.465 e. The van der Waals surface area contributed by atoms with Crippen LogP contribution in [0.15, 0.2) is 22.6 Å². The van der Waals surface area contributed by atoms with Gasteiger partial charge in [-0.05, 0) is 46.2 Å². The van der Waals surface area contributed by atoms with Gasteiger partial charge in [0.25, 0.3) is 0 Å². The van der Waals surface area contributed by atoms with Crippen molar-refractivity contribution in [3.8, 4) is 0 Å². The fraction of sp³-hybridized carbons (Fsp3) is 0.333. The zero-order valence-electron chi connectivity index (χ0n) is 13.6. The van der Waals surface area contributed by atoms with E-state index in [4.69, 9.17) is 9.15 Å². The summed E-state index contributed by atoms with van der Waals surface area (Å²) in [6.07, 6.45) is 0. The van der Waals surface area contributed by atoms with E-state index in [0.29, 0.717) is 22.6 Å². The lowest BCUT2D eigenvalue weighted by Crippen LogP contribution is -2.16. The van der Waals surface area contributed by atoms with Crippen molar-refractivity contribution in [1.29, 1.82) is 0 Å². The summed E-state index contributed by atoms with van der Waals surface area (Å²) in [6.45, 7) is 8.82. The first-order valence-corrected chi connectivity index (χ1v) is 7.15. The molecule has 0 unspecified atom stereocenters. The zero-order valence-corrected chi connectivity index (χ0v) is 13.6. The van der Waals surface area contributed by atoms with Crippen molar-refractivity contribution in [2.75, 3.05) is 6.61 Å². The lowest BCUT2D eigenvalue weighted by Gasteiger charge is -2.07. The minimum atomic E-state index is -0.523. The maximum Gasteiger partial charge on any atom is 0.342 e. The molecule has 22 heavy (non-hydrogen) atoms. The summed E-state index contributed by atoms with van der Waals surface area (Å²) in [6, 6.07) is 5.64. The summed E-state index contributed by atoms with van der Waals surface area (Å²) in [5.41, 5.74) is 3.62. The number of Topliss-reactive ketones (excluding diaryl/α,β-unsaturated/α-hetero) is 1. The molecule has 0 amide bonds.